The van der Waals surface area contributed by atoms with Crippen LogP contribution in [0.2, 0.25) is 0 Å². The number of hydrogen-bond acceptors (Lipinski definition) is 5. The maximum absolute atomic E-state index is 11.0. The van der Waals surface area contributed by atoms with Crippen molar-refractivity contribution < 1.29 is 0 Å². The number of H-pyrrole nitrogens is 2. The second kappa shape index (κ2) is 5.83. The molecule has 0 amide bonds. The average molecular weight is 264 g/mol. The van der Waals surface area contributed by atoms with Crippen molar-refractivity contribution in [2.24, 2.45) is 17.6 Å². The van der Waals surface area contributed by atoms with Gasteiger partial charge in [-0.15, -0.1) is 0 Å². The molecule has 0 bridgehead atoms. The van der Waals surface area contributed by atoms with Gasteiger partial charge >= 0.3 is 0 Å². The minimum atomic E-state index is -0.301. The van der Waals surface area contributed by atoms with E-state index in [0.717, 1.165) is 18.4 Å². The van der Waals surface area contributed by atoms with Crippen LogP contribution >= 0.6 is 0 Å². The lowest BCUT2D eigenvalue weighted by Gasteiger charge is -2.02. The van der Waals surface area contributed by atoms with Gasteiger partial charge in [-0.05, 0) is 31.2 Å². The zero-order valence-corrected chi connectivity index (χ0v) is 11.0. The normalized spacial score (nSPS) is 22.2. The number of nitrogens with one attached hydrogen (secondary N) is 2. The average Bonchev–Trinajstić information content (AvgIpc) is 2.98. The summed E-state index contributed by atoms with van der Waals surface area (Å²) in [4.78, 5) is 23.5. The van der Waals surface area contributed by atoms with Gasteiger partial charge in [0, 0.05) is 0 Å². The lowest BCUT2D eigenvalue weighted by Crippen LogP contribution is -2.10. The summed E-state index contributed by atoms with van der Waals surface area (Å²) < 4.78 is 0. The zero-order chi connectivity index (χ0) is 13.8. The van der Waals surface area contributed by atoms with Crippen LogP contribution in [0.5, 0.6) is 0 Å². The molecule has 0 spiro atoms. The molecule has 6 N–H and O–H groups in total. The van der Waals surface area contributed by atoms with Gasteiger partial charge in [-0.1, -0.05) is 13.3 Å². The Labute approximate surface area is 110 Å². The van der Waals surface area contributed by atoms with Gasteiger partial charge in [-0.25, -0.2) is 4.98 Å². The summed E-state index contributed by atoms with van der Waals surface area (Å²) in [5, 5.41) is 0. The number of fused-ring (bicyclic) bond motifs is 1. The number of imidazole rings is 1. The molecule has 104 valence electrons. The standard InChI is InChI=1S/C7H15N.C5H5N5O/c1-6-2-3-7(4-6)5-8;6-5-9-3-2(4(11)10-5)7-1-8-3/h6-7H,2-5,8H2,1H3;1H,(H4,6,7,8,9,10,11)/t6-,7?;/m0./s1. The Morgan fingerprint density at radius 2 is 2.26 bits per heavy atom. The molecule has 1 unspecified atom stereocenters. The first-order valence-corrected chi connectivity index (χ1v) is 6.49. The SMILES string of the molecule is C[C@H]1CCC(CN)C1.Nc1nc2nc[nH]c2c(=O)[nH]1. The first-order valence-electron chi connectivity index (χ1n) is 6.49. The molecule has 0 saturated heterocycles. The number of rotatable bonds is 1. The van der Waals surface area contributed by atoms with Crippen molar-refractivity contribution in [3.63, 3.8) is 0 Å². The van der Waals surface area contributed by atoms with Gasteiger partial charge in [0.2, 0.25) is 5.95 Å². The van der Waals surface area contributed by atoms with Crippen LogP contribution in [0, 0.1) is 11.8 Å². The lowest BCUT2D eigenvalue weighted by atomic mass is 10.1. The van der Waals surface area contributed by atoms with Gasteiger partial charge in [-0.2, -0.15) is 4.98 Å². The van der Waals surface area contributed by atoms with Gasteiger partial charge < -0.3 is 16.5 Å². The summed E-state index contributed by atoms with van der Waals surface area (Å²) in [5.41, 5.74) is 11.1. The first-order chi connectivity index (χ1) is 9.10. The van der Waals surface area contributed by atoms with Crippen LogP contribution in [0.15, 0.2) is 11.1 Å². The molecule has 7 heteroatoms. The quantitative estimate of drug-likeness (QED) is 0.600. The number of aromatic amines is 2. The van der Waals surface area contributed by atoms with Crippen LogP contribution < -0.4 is 17.0 Å². The van der Waals surface area contributed by atoms with Crippen LogP contribution in [0.25, 0.3) is 11.2 Å². The van der Waals surface area contributed by atoms with Crippen molar-refractivity contribution in [3.8, 4) is 0 Å². The van der Waals surface area contributed by atoms with Gasteiger partial charge in [0.15, 0.2) is 11.2 Å². The Morgan fingerprint density at radius 3 is 2.84 bits per heavy atom. The van der Waals surface area contributed by atoms with Crippen molar-refractivity contribution in [1.82, 2.24) is 19.9 Å². The van der Waals surface area contributed by atoms with Gasteiger partial charge in [0.05, 0.1) is 6.33 Å². The van der Waals surface area contributed by atoms with E-state index < -0.39 is 0 Å². The lowest BCUT2D eigenvalue weighted by molar-refractivity contribution is 0.525. The fourth-order valence-corrected chi connectivity index (χ4v) is 2.40. The van der Waals surface area contributed by atoms with Gasteiger partial charge in [0.25, 0.3) is 5.56 Å². The highest BCUT2D eigenvalue weighted by atomic mass is 16.1. The summed E-state index contributed by atoms with van der Waals surface area (Å²) >= 11 is 0. The van der Waals surface area contributed by atoms with Crippen molar-refractivity contribution in [2.45, 2.75) is 26.2 Å². The number of nitrogen functional groups attached to an aromatic ring is 1. The number of hydrogen-bond donors (Lipinski definition) is 4. The Bertz CT molecular complexity index is 589. The molecular formula is C12H20N6O. The van der Waals surface area contributed by atoms with Crippen molar-refractivity contribution in [2.75, 3.05) is 12.3 Å². The van der Waals surface area contributed by atoms with E-state index in [4.69, 9.17) is 11.5 Å². The highest BCUT2D eigenvalue weighted by molar-refractivity contribution is 5.69. The van der Waals surface area contributed by atoms with E-state index in [2.05, 4.69) is 26.9 Å². The monoisotopic (exact) mass is 264 g/mol. The Morgan fingerprint density at radius 1 is 1.47 bits per heavy atom. The predicted octanol–water partition coefficient (Wildman–Crippen LogP) is 0.610. The molecule has 2 heterocycles. The number of nitrogens with two attached hydrogens (primary N) is 2. The van der Waals surface area contributed by atoms with E-state index in [1.54, 1.807) is 0 Å². The second-order valence-electron chi connectivity index (χ2n) is 5.07. The third-order valence-electron chi connectivity index (χ3n) is 3.45. The Hall–Kier alpha value is -1.89. The molecule has 19 heavy (non-hydrogen) atoms. The van der Waals surface area contributed by atoms with Crippen molar-refractivity contribution in [1.29, 1.82) is 0 Å². The van der Waals surface area contributed by atoms with E-state index in [9.17, 15) is 4.79 Å². The third kappa shape index (κ3) is 3.31. The summed E-state index contributed by atoms with van der Waals surface area (Å²) in [5.74, 6) is 1.88. The molecule has 0 radical (unpaired) electrons. The zero-order valence-electron chi connectivity index (χ0n) is 11.0. The van der Waals surface area contributed by atoms with E-state index in [1.165, 1.54) is 25.6 Å². The van der Waals surface area contributed by atoms with Gasteiger partial charge in [0.1, 0.15) is 0 Å². The molecule has 3 rings (SSSR count). The van der Waals surface area contributed by atoms with Crippen molar-refractivity contribution in [3.05, 3.63) is 16.7 Å². The first kappa shape index (κ1) is 13.5. The molecule has 1 aliphatic carbocycles. The second-order valence-corrected chi connectivity index (χ2v) is 5.07. The summed E-state index contributed by atoms with van der Waals surface area (Å²) in [6.45, 7) is 3.22. The van der Waals surface area contributed by atoms with E-state index in [1.807, 2.05) is 0 Å². The minimum Gasteiger partial charge on any atom is -0.369 e. The molecule has 7 nitrogen and oxygen atoms in total. The Balaban J connectivity index is 0.000000148. The molecule has 2 aromatic rings. The molecule has 0 aliphatic heterocycles. The third-order valence-corrected chi connectivity index (χ3v) is 3.45. The largest absolute Gasteiger partial charge is 0.369 e. The fourth-order valence-electron chi connectivity index (χ4n) is 2.40. The Kier molecular flexibility index (Phi) is 4.16. The topological polar surface area (TPSA) is 126 Å². The summed E-state index contributed by atoms with van der Waals surface area (Å²) in [6, 6.07) is 0. The molecular weight excluding hydrogens is 244 g/mol. The molecule has 1 saturated carbocycles. The maximum Gasteiger partial charge on any atom is 0.278 e. The molecule has 1 fully saturated rings. The van der Waals surface area contributed by atoms with Crippen LogP contribution in [-0.2, 0) is 0 Å². The number of anilines is 1. The number of aromatic nitrogens is 4. The smallest absolute Gasteiger partial charge is 0.278 e. The predicted molar refractivity (Wildman–Crippen MR) is 74.5 cm³/mol. The molecule has 2 aromatic heterocycles. The summed E-state index contributed by atoms with van der Waals surface area (Å²) in [7, 11) is 0. The highest BCUT2D eigenvalue weighted by Crippen LogP contribution is 2.28. The number of nitrogens with zero attached hydrogens (tertiary/aromatic N) is 2. The van der Waals surface area contributed by atoms with Crippen LogP contribution in [0.4, 0.5) is 5.95 Å². The van der Waals surface area contributed by atoms with E-state index in [-0.39, 0.29) is 11.5 Å². The van der Waals surface area contributed by atoms with Crippen molar-refractivity contribution >= 4 is 17.1 Å². The molecule has 0 aromatic carbocycles. The summed E-state index contributed by atoms with van der Waals surface area (Å²) in [6.07, 6.45) is 5.54. The maximum atomic E-state index is 11.0. The van der Waals surface area contributed by atoms with Crippen LogP contribution in [0.1, 0.15) is 26.2 Å². The minimum absolute atomic E-state index is 0.0783. The van der Waals surface area contributed by atoms with Gasteiger partial charge in [-0.3, -0.25) is 9.78 Å². The van der Waals surface area contributed by atoms with E-state index in [0.29, 0.717) is 11.2 Å². The van der Waals surface area contributed by atoms with E-state index >= 15 is 0 Å². The van der Waals surface area contributed by atoms with Crippen LogP contribution in [-0.4, -0.2) is 26.5 Å². The molecule has 2 atom stereocenters. The molecule has 1 aliphatic rings. The van der Waals surface area contributed by atoms with Crippen LogP contribution in [0.3, 0.4) is 0 Å². The fraction of sp³-hybridized carbons (Fsp3) is 0.583. The highest BCUT2D eigenvalue weighted by Gasteiger charge is 2.18.